The summed E-state index contributed by atoms with van der Waals surface area (Å²) in [6, 6.07) is 16.5. The number of ether oxygens (including phenoxy) is 4. The summed E-state index contributed by atoms with van der Waals surface area (Å²) in [4.78, 5) is 31.2. The van der Waals surface area contributed by atoms with Crippen LogP contribution in [0.2, 0.25) is 5.02 Å². The van der Waals surface area contributed by atoms with Gasteiger partial charge in [-0.25, -0.2) is 14.6 Å². The first kappa shape index (κ1) is 30.5. The SMILES string of the molecule is CCOC(=O)OCCOC(=O)c1cccc2c1CC(=CCCN1CCC(O)(c3ccc(Cl)cc3)CC1)c1cccnc1O2. The number of esters is 1. The molecule has 5 rings (SSSR count). The molecule has 0 saturated carbocycles. The van der Waals surface area contributed by atoms with Crippen molar-refractivity contribution in [3.05, 3.63) is 94.1 Å². The molecular weight excluding hydrogens is 572 g/mol. The van der Waals surface area contributed by atoms with Gasteiger partial charge in [0.15, 0.2) is 0 Å². The van der Waals surface area contributed by atoms with Crippen molar-refractivity contribution in [3.63, 3.8) is 0 Å². The lowest BCUT2D eigenvalue weighted by Crippen LogP contribution is -2.42. The second kappa shape index (κ2) is 14.0. The molecule has 0 amide bonds. The molecular formula is C33H35ClN2O7. The molecule has 0 bridgehead atoms. The van der Waals surface area contributed by atoms with E-state index >= 15 is 0 Å². The van der Waals surface area contributed by atoms with Gasteiger partial charge < -0.3 is 29.0 Å². The van der Waals surface area contributed by atoms with Crippen molar-refractivity contribution in [3.8, 4) is 11.6 Å². The Morgan fingerprint density at radius 3 is 2.58 bits per heavy atom. The summed E-state index contributed by atoms with van der Waals surface area (Å²) in [5.41, 5.74) is 3.02. The largest absolute Gasteiger partial charge is 0.508 e. The van der Waals surface area contributed by atoms with Crippen LogP contribution in [0.3, 0.4) is 0 Å². The van der Waals surface area contributed by atoms with E-state index < -0.39 is 17.7 Å². The summed E-state index contributed by atoms with van der Waals surface area (Å²) in [5, 5.41) is 11.9. The van der Waals surface area contributed by atoms with Gasteiger partial charge in [0.2, 0.25) is 5.88 Å². The number of piperidine rings is 1. The van der Waals surface area contributed by atoms with E-state index in [9.17, 15) is 14.7 Å². The minimum atomic E-state index is -0.845. The van der Waals surface area contributed by atoms with Crippen LogP contribution in [-0.2, 0) is 26.2 Å². The van der Waals surface area contributed by atoms with Gasteiger partial charge in [-0.15, -0.1) is 0 Å². The van der Waals surface area contributed by atoms with Crippen LogP contribution in [-0.4, -0.2) is 66.6 Å². The van der Waals surface area contributed by atoms with Crippen LogP contribution in [0.15, 0.2) is 66.9 Å². The molecule has 10 heteroatoms. The van der Waals surface area contributed by atoms with Crippen LogP contribution < -0.4 is 4.74 Å². The number of halogens is 1. The fourth-order valence-electron chi connectivity index (χ4n) is 5.44. The Kier molecular flexibility index (Phi) is 9.97. The highest BCUT2D eigenvalue weighted by atomic mass is 35.5. The minimum Gasteiger partial charge on any atom is -0.458 e. The number of nitrogens with zero attached hydrogens (tertiary/aromatic N) is 2. The number of aromatic nitrogens is 1. The van der Waals surface area contributed by atoms with E-state index in [1.807, 2.05) is 42.5 Å². The topological polar surface area (TPSA) is 107 Å². The van der Waals surface area contributed by atoms with E-state index in [0.29, 0.717) is 47.0 Å². The molecule has 9 nitrogen and oxygen atoms in total. The maximum atomic E-state index is 13.1. The highest BCUT2D eigenvalue weighted by Gasteiger charge is 2.33. The first-order chi connectivity index (χ1) is 20.9. The number of fused-ring (bicyclic) bond motifs is 2. The first-order valence-electron chi connectivity index (χ1n) is 14.5. The Morgan fingerprint density at radius 2 is 1.81 bits per heavy atom. The zero-order valence-electron chi connectivity index (χ0n) is 24.1. The van der Waals surface area contributed by atoms with Gasteiger partial charge in [-0.05, 0) is 73.7 Å². The molecule has 1 fully saturated rings. The third-order valence-electron chi connectivity index (χ3n) is 7.74. The first-order valence-corrected chi connectivity index (χ1v) is 14.9. The van der Waals surface area contributed by atoms with Crippen molar-refractivity contribution in [2.75, 3.05) is 39.5 Å². The third kappa shape index (κ3) is 7.54. The summed E-state index contributed by atoms with van der Waals surface area (Å²) in [7, 11) is 0. The molecule has 0 unspecified atom stereocenters. The summed E-state index contributed by atoms with van der Waals surface area (Å²) < 4.78 is 21.2. The van der Waals surface area contributed by atoms with Crippen LogP contribution >= 0.6 is 11.6 Å². The van der Waals surface area contributed by atoms with Gasteiger partial charge >= 0.3 is 12.1 Å². The van der Waals surface area contributed by atoms with Crippen LogP contribution in [0, 0.1) is 0 Å². The van der Waals surface area contributed by atoms with Gasteiger partial charge in [0.1, 0.15) is 19.0 Å². The number of carbonyl (C=O) groups excluding carboxylic acids is 2. The normalized spacial score (nSPS) is 16.8. The zero-order valence-corrected chi connectivity index (χ0v) is 24.8. The molecule has 226 valence electrons. The number of pyridine rings is 1. The zero-order chi connectivity index (χ0) is 30.2. The number of benzene rings is 2. The Balaban J connectivity index is 1.25. The lowest BCUT2D eigenvalue weighted by atomic mass is 9.84. The Morgan fingerprint density at radius 1 is 1.05 bits per heavy atom. The number of hydrogen-bond acceptors (Lipinski definition) is 9. The molecule has 43 heavy (non-hydrogen) atoms. The van der Waals surface area contributed by atoms with Crippen LogP contribution in [0.25, 0.3) is 5.57 Å². The Labute approximate surface area is 256 Å². The lowest BCUT2D eigenvalue weighted by molar-refractivity contribution is -0.0254. The molecule has 0 spiro atoms. The van der Waals surface area contributed by atoms with Gasteiger partial charge in [0.25, 0.3) is 0 Å². The number of likely N-dealkylation sites (tertiary alicyclic amines) is 1. The Bertz CT molecular complexity index is 1470. The van der Waals surface area contributed by atoms with Crippen molar-refractivity contribution in [2.24, 2.45) is 0 Å². The maximum absolute atomic E-state index is 13.1. The maximum Gasteiger partial charge on any atom is 0.508 e. The van der Waals surface area contributed by atoms with Crippen molar-refractivity contribution in [2.45, 2.75) is 38.2 Å². The summed E-state index contributed by atoms with van der Waals surface area (Å²) >= 11 is 6.03. The van der Waals surface area contributed by atoms with Crippen molar-refractivity contribution in [1.82, 2.24) is 9.88 Å². The molecule has 2 aliphatic heterocycles. The van der Waals surface area contributed by atoms with Gasteiger partial charge in [0.05, 0.1) is 17.8 Å². The van der Waals surface area contributed by atoms with E-state index in [1.54, 1.807) is 25.3 Å². The van der Waals surface area contributed by atoms with Crippen molar-refractivity contribution < 1.29 is 33.6 Å². The summed E-state index contributed by atoms with van der Waals surface area (Å²) in [5.74, 6) is 0.484. The monoisotopic (exact) mass is 606 g/mol. The number of allylic oxidation sites excluding steroid dienone is 1. The van der Waals surface area contributed by atoms with Crippen LogP contribution in [0.5, 0.6) is 11.6 Å². The standard InChI is InChI=1S/C33H35ClN2O7/c1-2-40-32(38)42-21-20-41-31(37)27-7-3-9-29-28(27)22-23(26-8-4-16-35-30(26)43-29)6-5-17-36-18-14-33(39,15-19-36)24-10-12-25(34)13-11-24/h3-4,6-13,16,39H,2,5,14-15,17-22H2,1H3. The second-order valence-corrected chi connectivity index (χ2v) is 10.9. The van der Waals surface area contributed by atoms with Gasteiger partial charge in [-0.1, -0.05) is 35.9 Å². The quantitative estimate of drug-likeness (QED) is 0.226. The average molecular weight is 607 g/mol. The number of rotatable bonds is 9. The average Bonchev–Trinajstić information content (AvgIpc) is 3.17. The molecule has 0 atom stereocenters. The highest BCUT2D eigenvalue weighted by molar-refractivity contribution is 6.30. The molecule has 1 aromatic heterocycles. The summed E-state index contributed by atoms with van der Waals surface area (Å²) in [6.07, 6.45) is 5.57. The van der Waals surface area contributed by atoms with Gasteiger partial charge in [-0.3, -0.25) is 0 Å². The fraction of sp³-hybridized carbons (Fsp3) is 0.364. The Hall–Kier alpha value is -3.92. The third-order valence-corrected chi connectivity index (χ3v) is 8.00. The smallest absolute Gasteiger partial charge is 0.458 e. The van der Waals surface area contributed by atoms with Crippen LogP contribution in [0.1, 0.15) is 53.2 Å². The number of aliphatic hydroxyl groups is 1. The van der Waals surface area contributed by atoms with E-state index in [-0.39, 0.29) is 19.8 Å². The van der Waals surface area contributed by atoms with Gasteiger partial charge in [0, 0.05) is 48.4 Å². The van der Waals surface area contributed by atoms with Crippen molar-refractivity contribution in [1.29, 1.82) is 0 Å². The fourth-order valence-corrected chi connectivity index (χ4v) is 5.56. The van der Waals surface area contributed by atoms with Crippen molar-refractivity contribution >= 4 is 29.3 Å². The molecule has 2 aliphatic rings. The molecule has 1 saturated heterocycles. The molecule has 3 aromatic rings. The highest BCUT2D eigenvalue weighted by Crippen LogP contribution is 2.39. The molecule has 0 radical (unpaired) electrons. The molecule has 0 aliphatic carbocycles. The minimum absolute atomic E-state index is 0.102. The lowest BCUT2D eigenvalue weighted by Gasteiger charge is -2.38. The van der Waals surface area contributed by atoms with Crippen LogP contribution in [0.4, 0.5) is 4.79 Å². The van der Waals surface area contributed by atoms with E-state index in [4.69, 9.17) is 30.5 Å². The second-order valence-electron chi connectivity index (χ2n) is 10.5. The van der Waals surface area contributed by atoms with E-state index in [0.717, 1.165) is 42.8 Å². The predicted molar refractivity (Wildman–Crippen MR) is 161 cm³/mol. The van der Waals surface area contributed by atoms with E-state index in [1.165, 1.54) is 0 Å². The molecule has 2 aromatic carbocycles. The molecule has 1 N–H and O–H groups in total. The molecule has 3 heterocycles. The number of carbonyl (C=O) groups is 2. The predicted octanol–water partition coefficient (Wildman–Crippen LogP) is 6.17. The summed E-state index contributed by atoms with van der Waals surface area (Å²) in [6.45, 7) is 4.06. The number of hydrogen-bond donors (Lipinski definition) is 1. The van der Waals surface area contributed by atoms with Gasteiger partial charge in [-0.2, -0.15) is 0 Å². The van der Waals surface area contributed by atoms with E-state index in [2.05, 4.69) is 16.0 Å².